The van der Waals surface area contributed by atoms with E-state index < -0.39 is 10.0 Å². The van der Waals surface area contributed by atoms with Gasteiger partial charge in [0.15, 0.2) is 0 Å². The Kier molecular flexibility index (Phi) is 6.73. The number of hydrogen-bond acceptors (Lipinski definition) is 5. The zero-order valence-electron chi connectivity index (χ0n) is 16.9. The number of hydrogen-bond donors (Lipinski definition) is 0. The van der Waals surface area contributed by atoms with Gasteiger partial charge < -0.3 is 4.90 Å². The minimum Gasteiger partial charge on any atom is -0.369 e. The van der Waals surface area contributed by atoms with Crippen molar-refractivity contribution in [1.29, 1.82) is 0 Å². The molecule has 2 aliphatic heterocycles. The summed E-state index contributed by atoms with van der Waals surface area (Å²) in [4.78, 5) is 9.00. The van der Waals surface area contributed by atoms with Crippen LogP contribution in [0.2, 0.25) is 5.02 Å². The zero-order valence-corrected chi connectivity index (χ0v) is 18.5. The van der Waals surface area contributed by atoms with Crippen LogP contribution in [0.3, 0.4) is 0 Å². The number of nitrogens with zero attached hydrogens (tertiary/aromatic N) is 4. The van der Waals surface area contributed by atoms with Crippen LogP contribution in [0, 0.1) is 0 Å². The van der Waals surface area contributed by atoms with Gasteiger partial charge >= 0.3 is 0 Å². The van der Waals surface area contributed by atoms with Crippen LogP contribution in [0.4, 0.5) is 5.69 Å². The van der Waals surface area contributed by atoms with Crippen molar-refractivity contribution in [2.75, 3.05) is 44.2 Å². The van der Waals surface area contributed by atoms with Gasteiger partial charge in [-0.05, 0) is 48.7 Å². The Morgan fingerprint density at radius 2 is 1.53 bits per heavy atom. The fourth-order valence-corrected chi connectivity index (χ4v) is 5.53. The van der Waals surface area contributed by atoms with Crippen LogP contribution < -0.4 is 4.90 Å². The van der Waals surface area contributed by atoms with Crippen molar-refractivity contribution in [3.63, 3.8) is 0 Å². The number of rotatable bonds is 5. The fourth-order valence-electron chi connectivity index (χ4n) is 4.19. The molecular formula is C22H27ClN4O2S. The summed E-state index contributed by atoms with van der Waals surface area (Å²) in [6.07, 6.45) is 7.06. The maximum Gasteiger partial charge on any atom is 0.236 e. The standard InChI is InChI=1S/C22H27ClN4O2S/c23-20-3-1-19(2-4-20)9-18-30(28,29)27-12-7-22(8-13-27)26-16-14-25(15-17-26)21-5-10-24-11-6-21/h1-6,9-11,18,22H,7-8,12-17H2/b18-9+. The lowest BCUT2D eigenvalue weighted by Gasteiger charge is -2.43. The van der Waals surface area contributed by atoms with E-state index in [1.165, 1.54) is 11.1 Å². The SMILES string of the molecule is O=S(=O)(/C=C/c1ccc(Cl)cc1)N1CCC(N2CCN(c3ccncc3)CC2)CC1. The third kappa shape index (κ3) is 5.21. The second-order valence-corrected chi connectivity index (χ2v) is 10.0. The van der Waals surface area contributed by atoms with Crippen molar-refractivity contribution >= 4 is 33.4 Å². The second kappa shape index (κ2) is 9.47. The molecule has 3 heterocycles. The number of sulfonamides is 1. The highest BCUT2D eigenvalue weighted by molar-refractivity contribution is 7.92. The van der Waals surface area contributed by atoms with E-state index in [9.17, 15) is 8.42 Å². The summed E-state index contributed by atoms with van der Waals surface area (Å²) in [5.74, 6) is 0. The van der Waals surface area contributed by atoms with Crippen LogP contribution in [0.15, 0.2) is 54.2 Å². The lowest BCUT2D eigenvalue weighted by molar-refractivity contribution is 0.133. The molecule has 1 aromatic carbocycles. The van der Waals surface area contributed by atoms with Crippen molar-refractivity contribution in [2.24, 2.45) is 0 Å². The number of halogens is 1. The van der Waals surface area contributed by atoms with Crippen LogP contribution in [0.5, 0.6) is 0 Å². The Morgan fingerprint density at radius 1 is 0.900 bits per heavy atom. The Labute approximate surface area is 183 Å². The smallest absolute Gasteiger partial charge is 0.236 e. The molecule has 160 valence electrons. The van der Waals surface area contributed by atoms with Crippen molar-refractivity contribution in [2.45, 2.75) is 18.9 Å². The molecule has 8 heteroatoms. The molecule has 1 aromatic heterocycles. The van der Waals surface area contributed by atoms with E-state index in [4.69, 9.17) is 11.6 Å². The Bertz CT molecular complexity index is 950. The molecule has 0 aliphatic carbocycles. The Morgan fingerprint density at radius 3 is 2.17 bits per heavy atom. The molecule has 0 saturated carbocycles. The predicted molar refractivity (Wildman–Crippen MR) is 122 cm³/mol. The number of pyridine rings is 1. The zero-order chi connectivity index (χ0) is 21.0. The van der Waals surface area contributed by atoms with E-state index in [1.54, 1.807) is 22.5 Å². The molecule has 2 fully saturated rings. The van der Waals surface area contributed by atoms with Gasteiger partial charge in [-0.3, -0.25) is 9.88 Å². The summed E-state index contributed by atoms with van der Waals surface area (Å²) in [5.41, 5.74) is 2.04. The molecule has 4 rings (SSSR count). The first-order chi connectivity index (χ1) is 14.5. The number of benzene rings is 1. The summed E-state index contributed by atoms with van der Waals surface area (Å²) in [6.45, 7) is 5.15. The largest absolute Gasteiger partial charge is 0.369 e. The van der Waals surface area contributed by atoms with E-state index in [-0.39, 0.29) is 0 Å². The first-order valence-corrected chi connectivity index (χ1v) is 12.2. The second-order valence-electron chi connectivity index (χ2n) is 7.76. The molecule has 0 atom stereocenters. The van der Waals surface area contributed by atoms with Crippen LogP contribution in [0.25, 0.3) is 6.08 Å². The van der Waals surface area contributed by atoms with Gasteiger partial charge in [0.25, 0.3) is 0 Å². The molecule has 30 heavy (non-hydrogen) atoms. The molecular weight excluding hydrogens is 420 g/mol. The van der Waals surface area contributed by atoms with Crippen molar-refractivity contribution < 1.29 is 8.42 Å². The van der Waals surface area contributed by atoms with E-state index in [0.717, 1.165) is 44.6 Å². The fraction of sp³-hybridized carbons (Fsp3) is 0.409. The van der Waals surface area contributed by atoms with Crippen molar-refractivity contribution in [3.8, 4) is 0 Å². The van der Waals surface area contributed by atoms with Gasteiger partial charge in [-0.25, -0.2) is 8.42 Å². The van der Waals surface area contributed by atoms with Crippen LogP contribution in [-0.2, 0) is 10.0 Å². The van der Waals surface area contributed by atoms with Gasteiger partial charge in [-0.2, -0.15) is 4.31 Å². The third-order valence-electron chi connectivity index (χ3n) is 5.94. The van der Waals surface area contributed by atoms with E-state index in [1.807, 2.05) is 24.5 Å². The highest BCUT2D eigenvalue weighted by Gasteiger charge is 2.31. The average molecular weight is 447 g/mol. The Balaban J connectivity index is 1.28. The van der Waals surface area contributed by atoms with Crippen LogP contribution in [-0.4, -0.2) is 67.9 Å². The van der Waals surface area contributed by atoms with Gasteiger partial charge in [0.1, 0.15) is 0 Å². The predicted octanol–water partition coefficient (Wildman–Crippen LogP) is 3.32. The molecule has 0 N–H and O–H groups in total. The summed E-state index contributed by atoms with van der Waals surface area (Å²) < 4.78 is 27.0. The van der Waals surface area contributed by atoms with Gasteiger partial charge in [0, 0.05) is 73.8 Å². The normalized spacial score (nSPS) is 20.1. The number of piperidine rings is 1. The molecule has 0 amide bonds. The summed E-state index contributed by atoms with van der Waals surface area (Å²) in [6, 6.07) is 11.7. The van der Waals surface area contributed by atoms with Crippen molar-refractivity contribution in [1.82, 2.24) is 14.2 Å². The molecule has 0 radical (unpaired) electrons. The summed E-state index contributed by atoms with van der Waals surface area (Å²) >= 11 is 5.88. The summed E-state index contributed by atoms with van der Waals surface area (Å²) in [7, 11) is -3.40. The minimum atomic E-state index is -3.40. The maximum absolute atomic E-state index is 12.7. The van der Waals surface area contributed by atoms with Crippen LogP contribution >= 0.6 is 11.6 Å². The quantitative estimate of drug-likeness (QED) is 0.705. The average Bonchev–Trinajstić information content (AvgIpc) is 2.80. The molecule has 0 unspecified atom stereocenters. The van der Waals surface area contributed by atoms with Gasteiger partial charge in [-0.15, -0.1) is 0 Å². The number of piperazine rings is 1. The van der Waals surface area contributed by atoms with Crippen molar-refractivity contribution in [3.05, 3.63) is 64.8 Å². The number of anilines is 1. The molecule has 2 saturated heterocycles. The van der Waals surface area contributed by atoms with Crippen LogP contribution in [0.1, 0.15) is 18.4 Å². The van der Waals surface area contributed by atoms with Gasteiger partial charge in [-0.1, -0.05) is 23.7 Å². The lowest BCUT2D eigenvalue weighted by atomic mass is 10.0. The van der Waals surface area contributed by atoms with Gasteiger partial charge in [0.2, 0.25) is 10.0 Å². The molecule has 0 spiro atoms. The third-order valence-corrected chi connectivity index (χ3v) is 7.76. The first kappa shape index (κ1) is 21.3. The van der Waals surface area contributed by atoms with E-state index in [2.05, 4.69) is 26.9 Å². The molecule has 2 aliphatic rings. The topological polar surface area (TPSA) is 56.8 Å². The molecule has 2 aromatic rings. The monoisotopic (exact) mass is 446 g/mol. The highest BCUT2D eigenvalue weighted by atomic mass is 35.5. The Hall–Kier alpha value is -1.93. The minimum absolute atomic E-state index is 0.455. The lowest BCUT2D eigenvalue weighted by Crippen LogP contribution is -2.53. The maximum atomic E-state index is 12.7. The van der Waals surface area contributed by atoms with E-state index in [0.29, 0.717) is 24.2 Å². The molecule has 0 bridgehead atoms. The van der Waals surface area contributed by atoms with Gasteiger partial charge in [0.05, 0.1) is 0 Å². The highest BCUT2D eigenvalue weighted by Crippen LogP contribution is 2.23. The summed E-state index contributed by atoms with van der Waals surface area (Å²) in [5, 5.41) is 1.95. The molecule has 6 nitrogen and oxygen atoms in total. The van der Waals surface area contributed by atoms with E-state index >= 15 is 0 Å². The first-order valence-electron chi connectivity index (χ1n) is 10.3. The number of aromatic nitrogens is 1.